The van der Waals surface area contributed by atoms with Crippen molar-refractivity contribution < 1.29 is 13.2 Å². The van der Waals surface area contributed by atoms with Gasteiger partial charge in [-0.1, -0.05) is 0 Å². The smallest absolute Gasteiger partial charge is 0.267 e. The Balaban J connectivity index is 1.38. The van der Waals surface area contributed by atoms with Gasteiger partial charge >= 0.3 is 0 Å². The highest BCUT2D eigenvalue weighted by molar-refractivity contribution is 7.90. The molecule has 2 saturated carbocycles. The predicted molar refractivity (Wildman–Crippen MR) is 90.6 cm³/mol. The van der Waals surface area contributed by atoms with Crippen molar-refractivity contribution in [3.05, 3.63) is 28.2 Å². The van der Waals surface area contributed by atoms with Gasteiger partial charge in [0, 0.05) is 38.2 Å². The number of carbonyl (C=O) groups excluding carboxylic acids is 1. The van der Waals surface area contributed by atoms with Crippen LogP contribution in [-0.4, -0.2) is 64.7 Å². The molecule has 1 saturated heterocycles. The third-order valence-electron chi connectivity index (χ3n) is 5.06. The van der Waals surface area contributed by atoms with Gasteiger partial charge in [0.15, 0.2) is 0 Å². The van der Waals surface area contributed by atoms with Gasteiger partial charge in [-0.15, -0.1) is 0 Å². The minimum atomic E-state index is -3.18. The first-order valence-electron chi connectivity index (χ1n) is 8.80. The summed E-state index contributed by atoms with van der Waals surface area (Å²) in [6.07, 6.45) is 3.65. The van der Waals surface area contributed by atoms with E-state index in [9.17, 15) is 18.0 Å². The highest BCUT2D eigenvalue weighted by Gasteiger charge is 2.41. The Hall–Kier alpha value is -1.74. The van der Waals surface area contributed by atoms with E-state index in [0.29, 0.717) is 32.1 Å². The van der Waals surface area contributed by atoms with Gasteiger partial charge in [0.1, 0.15) is 6.54 Å². The van der Waals surface area contributed by atoms with Crippen LogP contribution in [0.3, 0.4) is 0 Å². The zero-order chi connectivity index (χ0) is 17.6. The third kappa shape index (κ3) is 3.48. The van der Waals surface area contributed by atoms with Gasteiger partial charge < -0.3 is 4.90 Å². The zero-order valence-corrected chi connectivity index (χ0v) is 14.8. The summed E-state index contributed by atoms with van der Waals surface area (Å²) in [4.78, 5) is 26.0. The van der Waals surface area contributed by atoms with Gasteiger partial charge in [0.2, 0.25) is 15.9 Å². The van der Waals surface area contributed by atoms with E-state index in [1.807, 2.05) is 0 Å². The van der Waals surface area contributed by atoms with Crippen LogP contribution in [-0.2, 0) is 21.4 Å². The number of hydrogen-bond acceptors (Lipinski definition) is 5. The van der Waals surface area contributed by atoms with E-state index in [2.05, 4.69) is 5.10 Å². The molecule has 0 atom stereocenters. The van der Waals surface area contributed by atoms with E-state index in [-0.39, 0.29) is 23.3 Å². The van der Waals surface area contributed by atoms with Gasteiger partial charge in [0.05, 0.1) is 10.9 Å². The zero-order valence-electron chi connectivity index (χ0n) is 14.0. The second-order valence-electron chi connectivity index (χ2n) is 7.05. The Kier molecular flexibility index (Phi) is 4.15. The molecule has 1 amide bonds. The van der Waals surface area contributed by atoms with Gasteiger partial charge in [-0.2, -0.15) is 9.40 Å². The SMILES string of the molecule is O=C(Cn1nc(C2CC2)ccc1=O)N1CCN(S(=O)(=O)C2CC2)CC1. The summed E-state index contributed by atoms with van der Waals surface area (Å²) in [5.41, 5.74) is 0.584. The third-order valence-corrected chi connectivity index (χ3v) is 7.46. The first kappa shape index (κ1) is 16.7. The average Bonchev–Trinajstić information content (AvgIpc) is 3.49. The Morgan fingerprint density at radius 3 is 2.36 bits per heavy atom. The molecule has 0 unspecified atom stereocenters. The Bertz CT molecular complexity index is 834. The molecule has 1 aromatic heterocycles. The fourth-order valence-electron chi connectivity index (χ4n) is 3.17. The van der Waals surface area contributed by atoms with Crippen LogP contribution in [0.1, 0.15) is 37.3 Å². The number of amides is 1. The lowest BCUT2D eigenvalue weighted by molar-refractivity contribution is -0.133. The maximum Gasteiger partial charge on any atom is 0.267 e. The van der Waals surface area contributed by atoms with E-state index >= 15 is 0 Å². The van der Waals surface area contributed by atoms with Crippen molar-refractivity contribution in [3.63, 3.8) is 0 Å². The number of nitrogens with zero attached hydrogens (tertiary/aromatic N) is 4. The van der Waals surface area contributed by atoms with Crippen LogP contribution in [0.2, 0.25) is 0 Å². The topological polar surface area (TPSA) is 92.6 Å². The number of hydrogen-bond donors (Lipinski definition) is 0. The summed E-state index contributed by atoms with van der Waals surface area (Å²) < 4.78 is 27.2. The Morgan fingerprint density at radius 1 is 1.08 bits per heavy atom. The van der Waals surface area contributed by atoms with E-state index in [1.54, 1.807) is 11.0 Å². The van der Waals surface area contributed by atoms with Crippen molar-refractivity contribution in [2.24, 2.45) is 0 Å². The molecule has 0 spiro atoms. The van der Waals surface area contributed by atoms with Crippen LogP contribution >= 0.6 is 0 Å². The lowest BCUT2D eigenvalue weighted by Gasteiger charge is -2.34. The molecule has 3 aliphatic rings. The molecule has 4 rings (SSSR count). The molecular formula is C16H22N4O4S. The summed E-state index contributed by atoms with van der Waals surface area (Å²) in [7, 11) is -3.18. The molecule has 2 aliphatic carbocycles. The van der Waals surface area contributed by atoms with Crippen LogP contribution in [0.5, 0.6) is 0 Å². The second-order valence-corrected chi connectivity index (χ2v) is 9.27. The van der Waals surface area contributed by atoms with Crippen molar-refractivity contribution in [3.8, 4) is 0 Å². The molecule has 0 N–H and O–H groups in total. The maximum absolute atomic E-state index is 12.5. The minimum Gasteiger partial charge on any atom is -0.338 e. The van der Waals surface area contributed by atoms with Gasteiger partial charge in [-0.3, -0.25) is 9.59 Å². The number of piperazine rings is 1. The van der Waals surface area contributed by atoms with Crippen LogP contribution in [0, 0.1) is 0 Å². The Morgan fingerprint density at radius 2 is 1.76 bits per heavy atom. The maximum atomic E-state index is 12.5. The fraction of sp³-hybridized carbons (Fsp3) is 0.688. The largest absolute Gasteiger partial charge is 0.338 e. The summed E-state index contributed by atoms with van der Waals surface area (Å²) in [6.45, 7) is 1.29. The van der Waals surface area contributed by atoms with Crippen LogP contribution < -0.4 is 5.56 Å². The standard InChI is InChI=1S/C16H22N4O4S/c21-15-6-5-14(12-1-2-12)17-20(15)11-16(22)18-7-9-19(10-8-18)25(23,24)13-3-4-13/h5-6,12-13H,1-4,7-11H2. The molecule has 3 fully saturated rings. The molecular weight excluding hydrogens is 344 g/mol. The van der Waals surface area contributed by atoms with Gasteiger partial charge in [-0.05, 0) is 31.7 Å². The number of sulfonamides is 1. The first-order valence-corrected chi connectivity index (χ1v) is 10.3. The molecule has 136 valence electrons. The molecule has 2 heterocycles. The molecule has 8 nitrogen and oxygen atoms in total. The van der Waals surface area contributed by atoms with Gasteiger partial charge in [0.25, 0.3) is 5.56 Å². The van der Waals surface area contributed by atoms with E-state index in [1.165, 1.54) is 15.1 Å². The lowest BCUT2D eigenvalue weighted by Crippen LogP contribution is -2.52. The molecule has 0 bridgehead atoms. The van der Waals surface area contributed by atoms with Crippen molar-refractivity contribution in [2.75, 3.05) is 26.2 Å². The molecule has 1 aliphatic heterocycles. The summed E-state index contributed by atoms with van der Waals surface area (Å²) >= 11 is 0. The quantitative estimate of drug-likeness (QED) is 0.717. The van der Waals surface area contributed by atoms with Crippen molar-refractivity contribution in [1.29, 1.82) is 0 Å². The highest BCUT2D eigenvalue weighted by atomic mass is 32.2. The fourth-order valence-corrected chi connectivity index (χ4v) is 5.00. The highest BCUT2D eigenvalue weighted by Crippen LogP contribution is 2.38. The normalized spacial score (nSPS) is 22.2. The minimum absolute atomic E-state index is 0.0885. The van der Waals surface area contributed by atoms with Crippen LogP contribution in [0.25, 0.3) is 0 Å². The predicted octanol–water partition coefficient (Wildman–Crippen LogP) is -0.243. The molecule has 25 heavy (non-hydrogen) atoms. The van der Waals surface area contributed by atoms with Gasteiger partial charge in [-0.25, -0.2) is 13.1 Å². The molecule has 9 heteroatoms. The van der Waals surface area contributed by atoms with E-state index in [4.69, 9.17) is 0 Å². The van der Waals surface area contributed by atoms with Crippen LogP contribution in [0.4, 0.5) is 0 Å². The molecule has 0 aromatic carbocycles. The first-order chi connectivity index (χ1) is 11.9. The molecule has 1 aromatic rings. The van der Waals surface area contributed by atoms with E-state index < -0.39 is 10.0 Å². The number of aromatic nitrogens is 2. The van der Waals surface area contributed by atoms with Crippen molar-refractivity contribution in [2.45, 2.75) is 43.4 Å². The lowest BCUT2D eigenvalue weighted by atomic mass is 10.3. The summed E-state index contributed by atoms with van der Waals surface area (Å²) in [5.74, 6) is 0.226. The number of rotatable bonds is 5. The van der Waals surface area contributed by atoms with E-state index in [0.717, 1.165) is 31.4 Å². The summed E-state index contributed by atoms with van der Waals surface area (Å²) in [5, 5.41) is 4.09. The average molecular weight is 366 g/mol. The van der Waals surface area contributed by atoms with Crippen molar-refractivity contribution in [1.82, 2.24) is 19.0 Å². The number of carbonyl (C=O) groups is 1. The second kappa shape index (κ2) is 6.21. The molecule has 0 radical (unpaired) electrons. The van der Waals surface area contributed by atoms with Crippen LogP contribution in [0.15, 0.2) is 16.9 Å². The van der Waals surface area contributed by atoms with Crippen molar-refractivity contribution >= 4 is 15.9 Å². The monoisotopic (exact) mass is 366 g/mol. The Labute approximate surface area is 146 Å². The summed E-state index contributed by atoms with van der Waals surface area (Å²) in [6, 6.07) is 3.20.